The van der Waals surface area contributed by atoms with Crippen LogP contribution in [0.5, 0.6) is 0 Å². The third kappa shape index (κ3) is 8.01. The minimum absolute atomic E-state index is 0.161. The second-order valence-electron chi connectivity index (χ2n) is 6.35. The highest BCUT2D eigenvalue weighted by Crippen LogP contribution is 2.30. The lowest BCUT2D eigenvalue weighted by Crippen LogP contribution is -2.39. The first-order valence-corrected chi connectivity index (χ1v) is 10.5. The second kappa shape index (κ2) is 10.1. The summed E-state index contributed by atoms with van der Waals surface area (Å²) in [5.41, 5.74) is 0. The molecule has 0 heterocycles. The third-order valence-electron chi connectivity index (χ3n) is 4.34. The van der Waals surface area contributed by atoms with Crippen LogP contribution in [0.15, 0.2) is 4.99 Å². The summed E-state index contributed by atoms with van der Waals surface area (Å²) in [6, 6.07) is 0. The SMILES string of the molecule is CCNC(=NCCC1CCCC(C)C1)NCCS(=O)(=O)CC. The fourth-order valence-electron chi connectivity index (χ4n) is 2.99. The molecule has 1 rings (SSSR count). The summed E-state index contributed by atoms with van der Waals surface area (Å²) < 4.78 is 23.0. The van der Waals surface area contributed by atoms with Gasteiger partial charge in [0.1, 0.15) is 0 Å². The van der Waals surface area contributed by atoms with E-state index in [0.717, 1.165) is 37.3 Å². The fraction of sp³-hybridized carbons (Fsp3) is 0.938. The van der Waals surface area contributed by atoms with Crippen molar-refractivity contribution in [3.05, 3.63) is 0 Å². The number of hydrogen-bond donors (Lipinski definition) is 2. The van der Waals surface area contributed by atoms with Crippen LogP contribution in [0, 0.1) is 11.8 Å². The van der Waals surface area contributed by atoms with Gasteiger partial charge in [-0.05, 0) is 31.6 Å². The Morgan fingerprint density at radius 3 is 2.64 bits per heavy atom. The van der Waals surface area contributed by atoms with Crippen LogP contribution in [0.1, 0.15) is 52.9 Å². The molecule has 0 bridgehead atoms. The van der Waals surface area contributed by atoms with E-state index in [1.54, 1.807) is 6.92 Å². The molecular weight excluding hydrogens is 298 g/mol. The molecule has 0 aromatic carbocycles. The van der Waals surface area contributed by atoms with E-state index in [2.05, 4.69) is 22.5 Å². The molecule has 1 aliphatic rings. The number of sulfone groups is 1. The molecule has 1 fully saturated rings. The van der Waals surface area contributed by atoms with E-state index in [0.29, 0.717) is 6.54 Å². The molecule has 0 aliphatic heterocycles. The second-order valence-corrected chi connectivity index (χ2v) is 8.82. The van der Waals surface area contributed by atoms with Gasteiger partial charge in [0.2, 0.25) is 0 Å². The van der Waals surface area contributed by atoms with Crippen molar-refractivity contribution in [2.45, 2.75) is 52.9 Å². The first-order chi connectivity index (χ1) is 10.5. The summed E-state index contributed by atoms with van der Waals surface area (Å²) >= 11 is 0. The molecule has 1 aliphatic carbocycles. The maximum Gasteiger partial charge on any atom is 0.191 e. The van der Waals surface area contributed by atoms with Crippen molar-refractivity contribution in [3.63, 3.8) is 0 Å². The molecule has 2 atom stereocenters. The van der Waals surface area contributed by atoms with Crippen LogP contribution in [0.4, 0.5) is 0 Å². The summed E-state index contributed by atoms with van der Waals surface area (Å²) in [5.74, 6) is 2.75. The topological polar surface area (TPSA) is 70.6 Å². The highest BCUT2D eigenvalue weighted by Gasteiger charge is 2.18. The summed E-state index contributed by atoms with van der Waals surface area (Å²) in [6.45, 7) is 8.06. The van der Waals surface area contributed by atoms with Gasteiger partial charge in [-0.25, -0.2) is 8.42 Å². The lowest BCUT2D eigenvalue weighted by atomic mass is 9.81. The third-order valence-corrected chi connectivity index (χ3v) is 6.05. The zero-order valence-electron chi connectivity index (χ0n) is 14.4. The molecule has 130 valence electrons. The fourth-order valence-corrected chi connectivity index (χ4v) is 3.69. The van der Waals surface area contributed by atoms with Crippen molar-refractivity contribution in [2.24, 2.45) is 16.8 Å². The van der Waals surface area contributed by atoms with Crippen molar-refractivity contribution in [3.8, 4) is 0 Å². The Balaban J connectivity index is 2.34. The van der Waals surface area contributed by atoms with Gasteiger partial charge in [-0.1, -0.05) is 33.1 Å². The Labute approximate surface area is 136 Å². The van der Waals surface area contributed by atoms with E-state index < -0.39 is 9.84 Å². The molecule has 22 heavy (non-hydrogen) atoms. The first-order valence-electron chi connectivity index (χ1n) is 8.69. The van der Waals surface area contributed by atoms with E-state index in [-0.39, 0.29) is 11.5 Å². The van der Waals surface area contributed by atoms with E-state index in [1.807, 2.05) is 6.92 Å². The van der Waals surface area contributed by atoms with Crippen molar-refractivity contribution >= 4 is 15.8 Å². The van der Waals surface area contributed by atoms with Crippen LogP contribution in [-0.4, -0.2) is 45.5 Å². The number of nitrogens with one attached hydrogen (secondary N) is 2. The van der Waals surface area contributed by atoms with Crippen LogP contribution in [0.3, 0.4) is 0 Å². The van der Waals surface area contributed by atoms with Crippen LogP contribution in [-0.2, 0) is 9.84 Å². The molecule has 0 radical (unpaired) electrons. The van der Waals surface area contributed by atoms with Gasteiger partial charge in [-0.15, -0.1) is 0 Å². The predicted molar refractivity (Wildman–Crippen MR) is 94.0 cm³/mol. The van der Waals surface area contributed by atoms with Gasteiger partial charge < -0.3 is 10.6 Å². The molecule has 0 amide bonds. The lowest BCUT2D eigenvalue weighted by Gasteiger charge is -2.26. The van der Waals surface area contributed by atoms with Gasteiger partial charge in [0.05, 0.1) is 5.75 Å². The molecule has 6 heteroatoms. The molecule has 1 saturated carbocycles. The number of hydrogen-bond acceptors (Lipinski definition) is 3. The zero-order valence-corrected chi connectivity index (χ0v) is 15.2. The van der Waals surface area contributed by atoms with Gasteiger partial charge >= 0.3 is 0 Å². The molecule has 0 aromatic rings. The van der Waals surface area contributed by atoms with Gasteiger partial charge in [0, 0.05) is 25.4 Å². The van der Waals surface area contributed by atoms with E-state index >= 15 is 0 Å². The van der Waals surface area contributed by atoms with E-state index in [1.165, 1.54) is 25.7 Å². The van der Waals surface area contributed by atoms with Crippen LogP contribution < -0.4 is 10.6 Å². The van der Waals surface area contributed by atoms with Gasteiger partial charge in [0.15, 0.2) is 15.8 Å². The molecule has 0 aromatic heterocycles. The maximum absolute atomic E-state index is 11.5. The largest absolute Gasteiger partial charge is 0.357 e. The Morgan fingerprint density at radius 2 is 2.00 bits per heavy atom. The number of nitrogens with zero attached hydrogens (tertiary/aromatic N) is 1. The van der Waals surface area contributed by atoms with Crippen molar-refractivity contribution in [1.82, 2.24) is 10.6 Å². The molecule has 0 spiro atoms. The standard InChI is InChI=1S/C16H33N3O2S/c1-4-17-16(19-11-12-22(20,21)5-2)18-10-9-15-8-6-7-14(3)13-15/h14-15H,4-13H2,1-3H3,(H2,17,18,19). The molecular formula is C16H33N3O2S. The number of aliphatic imine (C=N–C) groups is 1. The normalized spacial score (nSPS) is 23.3. The summed E-state index contributed by atoms with van der Waals surface area (Å²) in [6.07, 6.45) is 6.51. The highest BCUT2D eigenvalue weighted by molar-refractivity contribution is 7.91. The maximum atomic E-state index is 11.5. The first kappa shape index (κ1) is 19.3. The number of guanidine groups is 1. The predicted octanol–water partition coefficient (Wildman–Crippen LogP) is 2.19. The molecule has 2 unspecified atom stereocenters. The summed E-state index contributed by atoms with van der Waals surface area (Å²) in [5, 5.41) is 6.29. The summed E-state index contributed by atoms with van der Waals surface area (Å²) in [4.78, 5) is 4.58. The van der Waals surface area contributed by atoms with Gasteiger partial charge in [0.25, 0.3) is 0 Å². The Hall–Kier alpha value is -0.780. The minimum Gasteiger partial charge on any atom is -0.357 e. The molecule has 2 N–H and O–H groups in total. The van der Waals surface area contributed by atoms with Crippen molar-refractivity contribution < 1.29 is 8.42 Å². The average Bonchev–Trinajstić information content (AvgIpc) is 2.47. The van der Waals surface area contributed by atoms with Crippen LogP contribution in [0.2, 0.25) is 0 Å². The monoisotopic (exact) mass is 331 g/mol. The van der Waals surface area contributed by atoms with Crippen molar-refractivity contribution in [2.75, 3.05) is 31.1 Å². The Bertz CT molecular complexity index is 435. The van der Waals surface area contributed by atoms with Gasteiger partial charge in [-0.3, -0.25) is 4.99 Å². The van der Waals surface area contributed by atoms with Crippen LogP contribution >= 0.6 is 0 Å². The van der Waals surface area contributed by atoms with Crippen LogP contribution in [0.25, 0.3) is 0 Å². The highest BCUT2D eigenvalue weighted by atomic mass is 32.2. The zero-order chi connectivity index (χ0) is 16.4. The molecule has 5 nitrogen and oxygen atoms in total. The molecule has 0 saturated heterocycles. The Kier molecular flexibility index (Phi) is 8.83. The smallest absolute Gasteiger partial charge is 0.191 e. The van der Waals surface area contributed by atoms with Crippen molar-refractivity contribution in [1.29, 1.82) is 0 Å². The lowest BCUT2D eigenvalue weighted by molar-refractivity contribution is 0.272. The quantitative estimate of drug-likeness (QED) is 0.528. The minimum atomic E-state index is -2.92. The van der Waals surface area contributed by atoms with E-state index in [4.69, 9.17) is 0 Å². The Morgan fingerprint density at radius 1 is 1.23 bits per heavy atom. The summed E-state index contributed by atoms with van der Waals surface area (Å²) in [7, 11) is -2.92. The average molecular weight is 332 g/mol. The van der Waals surface area contributed by atoms with Gasteiger partial charge in [-0.2, -0.15) is 0 Å². The number of rotatable bonds is 8. The van der Waals surface area contributed by atoms with E-state index in [9.17, 15) is 8.42 Å².